The number of halogens is 1. The van der Waals surface area contributed by atoms with E-state index in [0.717, 1.165) is 17.0 Å². The van der Waals surface area contributed by atoms with Gasteiger partial charge in [0.2, 0.25) is 0 Å². The minimum Gasteiger partial charge on any atom is -0.485 e. The van der Waals surface area contributed by atoms with Gasteiger partial charge in [-0.2, -0.15) is 5.10 Å². The lowest BCUT2D eigenvalue weighted by Gasteiger charge is -2.03. The van der Waals surface area contributed by atoms with Gasteiger partial charge >= 0.3 is 0 Å². The molecule has 0 saturated carbocycles. The minimum absolute atomic E-state index is 0.242. The molecule has 0 fully saturated rings. The van der Waals surface area contributed by atoms with E-state index in [1.807, 2.05) is 6.92 Å². The second-order valence-corrected chi connectivity index (χ2v) is 4.93. The molecule has 0 aliphatic carbocycles. The number of hydrogen-bond donors (Lipinski definition) is 0. The van der Waals surface area contributed by atoms with Gasteiger partial charge in [0, 0.05) is 18.0 Å². The van der Waals surface area contributed by atoms with Gasteiger partial charge in [0.15, 0.2) is 5.75 Å². The van der Waals surface area contributed by atoms with Crippen molar-refractivity contribution in [2.75, 3.05) is 0 Å². The Morgan fingerprint density at radius 3 is 2.50 bits per heavy atom. The van der Waals surface area contributed by atoms with Crippen LogP contribution in [0.5, 0.6) is 5.75 Å². The van der Waals surface area contributed by atoms with Crippen molar-refractivity contribution in [2.45, 2.75) is 20.1 Å². The summed E-state index contributed by atoms with van der Waals surface area (Å²) in [5.74, 6) is 1.16. The summed E-state index contributed by atoms with van der Waals surface area (Å²) in [6.07, 6.45) is 6.94. The average molecular weight is 298 g/mol. The Morgan fingerprint density at radius 1 is 1.05 bits per heavy atom. The van der Waals surface area contributed by atoms with E-state index in [2.05, 4.69) is 15.1 Å². The highest BCUT2D eigenvalue weighted by atomic mass is 19.1. The van der Waals surface area contributed by atoms with Crippen LogP contribution in [0.4, 0.5) is 4.39 Å². The van der Waals surface area contributed by atoms with E-state index in [9.17, 15) is 4.39 Å². The molecule has 0 bridgehead atoms. The van der Waals surface area contributed by atoms with Crippen molar-refractivity contribution in [3.05, 3.63) is 71.8 Å². The van der Waals surface area contributed by atoms with Crippen molar-refractivity contribution < 1.29 is 9.13 Å². The maximum absolute atomic E-state index is 12.9. The lowest BCUT2D eigenvalue weighted by atomic mass is 10.2. The largest absolute Gasteiger partial charge is 0.485 e. The molecule has 0 radical (unpaired) electrons. The summed E-state index contributed by atoms with van der Waals surface area (Å²) >= 11 is 0. The minimum atomic E-state index is -0.242. The van der Waals surface area contributed by atoms with Gasteiger partial charge in [-0.25, -0.2) is 14.4 Å². The highest BCUT2D eigenvalue weighted by Crippen LogP contribution is 2.12. The molecule has 2 aromatic heterocycles. The Hall–Kier alpha value is -2.76. The zero-order valence-electron chi connectivity index (χ0n) is 12.1. The van der Waals surface area contributed by atoms with Crippen LogP contribution in [0.25, 0.3) is 0 Å². The van der Waals surface area contributed by atoms with Gasteiger partial charge < -0.3 is 4.74 Å². The van der Waals surface area contributed by atoms with Crippen molar-refractivity contribution in [1.82, 2.24) is 19.7 Å². The predicted octanol–water partition coefficient (Wildman–Crippen LogP) is 2.75. The smallest absolute Gasteiger partial charge is 0.157 e. The van der Waals surface area contributed by atoms with Crippen molar-refractivity contribution in [2.24, 2.45) is 0 Å². The van der Waals surface area contributed by atoms with Gasteiger partial charge in [0.1, 0.15) is 18.2 Å². The van der Waals surface area contributed by atoms with Crippen molar-refractivity contribution >= 4 is 0 Å². The van der Waals surface area contributed by atoms with E-state index in [0.29, 0.717) is 18.9 Å². The summed E-state index contributed by atoms with van der Waals surface area (Å²) in [5.41, 5.74) is 1.87. The van der Waals surface area contributed by atoms with E-state index >= 15 is 0 Å². The number of rotatable bonds is 5. The maximum Gasteiger partial charge on any atom is 0.157 e. The number of nitrogens with zero attached hydrogens (tertiary/aromatic N) is 4. The fraction of sp³-hybridized carbons (Fsp3) is 0.188. The molecule has 0 aliphatic rings. The first kappa shape index (κ1) is 14.2. The fourth-order valence-electron chi connectivity index (χ4n) is 1.94. The predicted molar refractivity (Wildman–Crippen MR) is 78.8 cm³/mol. The number of hydrogen-bond acceptors (Lipinski definition) is 4. The normalized spacial score (nSPS) is 10.6. The maximum atomic E-state index is 12.9. The van der Waals surface area contributed by atoms with Gasteiger partial charge in [0.25, 0.3) is 0 Å². The van der Waals surface area contributed by atoms with Crippen LogP contribution in [-0.2, 0) is 13.2 Å². The fourth-order valence-corrected chi connectivity index (χ4v) is 1.94. The van der Waals surface area contributed by atoms with Crippen LogP contribution in [0.15, 0.2) is 49.1 Å². The van der Waals surface area contributed by atoms with E-state index in [1.165, 1.54) is 12.1 Å². The van der Waals surface area contributed by atoms with Gasteiger partial charge in [0.05, 0.1) is 18.9 Å². The lowest BCUT2D eigenvalue weighted by Crippen LogP contribution is -2.00. The molecule has 3 aromatic rings. The molecule has 5 nitrogen and oxygen atoms in total. The monoisotopic (exact) mass is 298 g/mol. The van der Waals surface area contributed by atoms with Gasteiger partial charge in [-0.05, 0) is 24.6 Å². The molecular weight excluding hydrogens is 283 g/mol. The molecule has 2 heterocycles. The Labute approximate surface area is 127 Å². The number of ether oxygens (including phenoxy) is 1. The third-order valence-corrected chi connectivity index (χ3v) is 3.11. The number of aryl methyl sites for hydroxylation is 1. The summed E-state index contributed by atoms with van der Waals surface area (Å²) in [5, 5.41) is 4.23. The zero-order chi connectivity index (χ0) is 15.4. The Kier molecular flexibility index (Phi) is 4.09. The lowest BCUT2D eigenvalue weighted by molar-refractivity contribution is 0.304. The summed E-state index contributed by atoms with van der Waals surface area (Å²) < 4.78 is 20.3. The van der Waals surface area contributed by atoms with Crippen LogP contribution < -0.4 is 4.74 Å². The van der Waals surface area contributed by atoms with Crippen molar-refractivity contribution in [1.29, 1.82) is 0 Å². The average Bonchev–Trinajstić information content (AvgIpc) is 2.97. The van der Waals surface area contributed by atoms with Crippen LogP contribution >= 0.6 is 0 Å². The molecule has 0 unspecified atom stereocenters. The molecule has 0 saturated heterocycles. The van der Waals surface area contributed by atoms with Gasteiger partial charge in [-0.15, -0.1) is 0 Å². The number of benzene rings is 1. The first-order valence-corrected chi connectivity index (χ1v) is 6.86. The molecule has 112 valence electrons. The zero-order valence-corrected chi connectivity index (χ0v) is 12.1. The van der Waals surface area contributed by atoms with Crippen molar-refractivity contribution in [3.63, 3.8) is 0 Å². The quantitative estimate of drug-likeness (QED) is 0.727. The molecule has 0 aliphatic heterocycles. The molecular formula is C16H15FN4O. The Balaban J connectivity index is 1.59. The summed E-state index contributed by atoms with van der Waals surface area (Å²) in [7, 11) is 0. The molecule has 0 N–H and O–H groups in total. The van der Waals surface area contributed by atoms with Crippen LogP contribution in [0.1, 0.15) is 17.0 Å². The highest BCUT2D eigenvalue weighted by molar-refractivity contribution is 5.18. The van der Waals surface area contributed by atoms with E-state index in [4.69, 9.17) is 4.74 Å². The Morgan fingerprint density at radius 2 is 1.77 bits per heavy atom. The van der Waals surface area contributed by atoms with Crippen molar-refractivity contribution in [3.8, 4) is 5.75 Å². The molecule has 3 rings (SSSR count). The standard InChI is InChI=1S/C16H15FN4O/c1-12-18-6-14(7-19-12)11-22-16-8-20-21(10-16)9-13-2-4-15(17)5-3-13/h2-8,10H,9,11H2,1H3. The highest BCUT2D eigenvalue weighted by Gasteiger charge is 2.02. The topological polar surface area (TPSA) is 52.8 Å². The first-order chi connectivity index (χ1) is 10.7. The summed E-state index contributed by atoms with van der Waals surface area (Å²) in [6, 6.07) is 6.35. The van der Waals surface area contributed by atoms with Crippen LogP contribution in [0, 0.1) is 12.7 Å². The summed E-state index contributed by atoms with van der Waals surface area (Å²) in [4.78, 5) is 8.23. The van der Waals surface area contributed by atoms with Gasteiger partial charge in [-0.3, -0.25) is 4.68 Å². The molecule has 6 heteroatoms. The molecule has 0 atom stereocenters. The van der Waals surface area contributed by atoms with Crippen LogP contribution in [-0.4, -0.2) is 19.7 Å². The number of aromatic nitrogens is 4. The van der Waals surface area contributed by atoms with E-state index in [-0.39, 0.29) is 5.82 Å². The van der Waals surface area contributed by atoms with Crippen LogP contribution in [0.2, 0.25) is 0 Å². The van der Waals surface area contributed by atoms with Crippen LogP contribution in [0.3, 0.4) is 0 Å². The first-order valence-electron chi connectivity index (χ1n) is 6.86. The third kappa shape index (κ3) is 3.66. The van der Waals surface area contributed by atoms with E-state index < -0.39 is 0 Å². The Bertz CT molecular complexity index is 738. The third-order valence-electron chi connectivity index (χ3n) is 3.11. The molecule has 1 aromatic carbocycles. The summed E-state index contributed by atoms with van der Waals surface area (Å²) in [6.45, 7) is 2.80. The SMILES string of the molecule is Cc1ncc(COc2cnn(Cc3ccc(F)cc3)c2)cn1. The second kappa shape index (κ2) is 6.34. The van der Waals surface area contributed by atoms with Gasteiger partial charge in [-0.1, -0.05) is 12.1 Å². The van der Waals surface area contributed by atoms with E-state index in [1.54, 1.807) is 41.6 Å². The molecule has 0 spiro atoms. The molecule has 22 heavy (non-hydrogen) atoms. The molecule has 0 amide bonds. The second-order valence-electron chi connectivity index (χ2n) is 4.93.